The molecule has 1 aliphatic carbocycles. The van der Waals surface area contributed by atoms with Crippen molar-refractivity contribution < 1.29 is 9.53 Å². The van der Waals surface area contributed by atoms with Crippen LogP contribution in [0.1, 0.15) is 52.4 Å². The fourth-order valence-electron chi connectivity index (χ4n) is 2.30. The van der Waals surface area contributed by atoms with Crippen LogP contribution in [-0.2, 0) is 9.53 Å². The normalized spacial score (nSPS) is 19.7. The maximum absolute atomic E-state index is 11.5. The number of carbonyl (C=O) groups excluding carboxylic acids is 1. The standard InChI is InChI=1S/C13H26N2O2.ClH/c1-3-9-17-13(7-5-4-6-8-13)10-15-12(16)11(2)14;/h11H,3-10,14H2,1-2H3,(H,15,16);1H/t11-;/m1./s1. The summed E-state index contributed by atoms with van der Waals surface area (Å²) < 4.78 is 5.99. The average molecular weight is 279 g/mol. The first-order chi connectivity index (χ1) is 8.09. The molecule has 0 aromatic rings. The van der Waals surface area contributed by atoms with Crippen molar-refractivity contribution in [1.29, 1.82) is 0 Å². The Labute approximate surface area is 116 Å². The minimum Gasteiger partial charge on any atom is -0.373 e. The van der Waals surface area contributed by atoms with E-state index in [-0.39, 0.29) is 23.9 Å². The third kappa shape index (κ3) is 5.55. The van der Waals surface area contributed by atoms with Gasteiger partial charge in [-0.25, -0.2) is 0 Å². The second kappa shape index (κ2) is 8.73. The van der Waals surface area contributed by atoms with Crippen LogP contribution in [0.4, 0.5) is 0 Å². The predicted octanol–water partition coefficient (Wildman–Crippen LogP) is 2.00. The Morgan fingerprint density at radius 2 is 2.00 bits per heavy atom. The zero-order valence-corrected chi connectivity index (χ0v) is 12.4. The number of carbonyl (C=O) groups is 1. The van der Waals surface area contributed by atoms with E-state index in [4.69, 9.17) is 10.5 Å². The molecular weight excluding hydrogens is 252 g/mol. The Balaban J connectivity index is 0.00000289. The predicted molar refractivity (Wildman–Crippen MR) is 76.0 cm³/mol. The molecule has 1 aliphatic rings. The second-order valence-electron chi connectivity index (χ2n) is 5.10. The quantitative estimate of drug-likeness (QED) is 0.781. The molecule has 3 N–H and O–H groups in total. The van der Waals surface area contributed by atoms with Gasteiger partial charge in [0.25, 0.3) is 0 Å². The fraction of sp³-hybridized carbons (Fsp3) is 0.923. The summed E-state index contributed by atoms with van der Waals surface area (Å²) >= 11 is 0. The van der Waals surface area contributed by atoms with Gasteiger partial charge in [0, 0.05) is 13.2 Å². The minimum atomic E-state index is -0.443. The van der Waals surface area contributed by atoms with E-state index >= 15 is 0 Å². The van der Waals surface area contributed by atoms with Gasteiger partial charge in [-0.05, 0) is 26.2 Å². The molecule has 0 aliphatic heterocycles. The number of amides is 1. The smallest absolute Gasteiger partial charge is 0.236 e. The summed E-state index contributed by atoms with van der Waals surface area (Å²) in [6.45, 7) is 5.19. The van der Waals surface area contributed by atoms with Gasteiger partial charge in [0.1, 0.15) is 0 Å². The zero-order valence-electron chi connectivity index (χ0n) is 11.5. The van der Waals surface area contributed by atoms with Gasteiger partial charge in [0.15, 0.2) is 0 Å². The molecule has 0 saturated heterocycles. The summed E-state index contributed by atoms with van der Waals surface area (Å²) in [7, 11) is 0. The van der Waals surface area contributed by atoms with Crippen molar-refractivity contribution in [1.82, 2.24) is 5.32 Å². The molecule has 0 spiro atoms. The molecule has 0 aromatic heterocycles. The highest BCUT2D eigenvalue weighted by Crippen LogP contribution is 2.31. The van der Waals surface area contributed by atoms with Gasteiger partial charge in [-0.3, -0.25) is 4.79 Å². The van der Waals surface area contributed by atoms with E-state index in [1.165, 1.54) is 19.3 Å². The Morgan fingerprint density at radius 1 is 1.39 bits per heavy atom. The molecule has 108 valence electrons. The van der Waals surface area contributed by atoms with Crippen molar-refractivity contribution >= 4 is 18.3 Å². The summed E-state index contributed by atoms with van der Waals surface area (Å²) in [5.74, 6) is -0.0879. The summed E-state index contributed by atoms with van der Waals surface area (Å²) in [5.41, 5.74) is 5.40. The van der Waals surface area contributed by atoms with Gasteiger partial charge in [-0.1, -0.05) is 26.2 Å². The molecule has 1 saturated carbocycles. The number of nitrogens with one attached hydrogen (secondary N) is 1. The van der Waals surface area contributed by atoms with Gasteiger partial charge in [0.05, 0.1) is 11.6 Å². The van der Waals surface area contributed by atoms with Crippen LogP contribution in [0.15, 0.2) is 0 Å². The Morgan fingerprint density at radius 3 is 2.50 bits per heavy atom. The molecule has 0 heterocycles. The molecule has 0 aromatic carbocycles. The molecular formula is C13H27ClN2O2. The first-order valence-corrected chi connectivity index (χ1v) is 6.77. The Kier molecular flexibility index (Phi) is 8.57. The third-order valence-corrected chi connectivity index (χ3v) is 3.38. The van der Waals surface area contributed by atoms with Crippen LogP contribution in [-0.4, -0.2) is 30.7 Å². The van der Waals surface area contributed by atoms with Crippen molar-refractivity contribution in [2.45, 2.75) is 64.0 Å². The van der Waals surface area contributed by atoms with E-state index in [1.54, 1.807) is 6.92 Å². The number of hydrogen-bond acceptors (Lipinski definition) is 3. The Bertz CT molecular complexity index is 241. The molecule has 0 radical (unpaired) electrons. The first-order valence-electron chi connectivity index (χ1n) is 6.77. The lowest BCUT2D eigenvalue weighted by molar-refractivity contribution is -0.125. The number of ether oxygens (including phenoxy) is 1. The molecule has 4 nitrogen and oxygen atoms in total. The van der Waals surface area contributed by atoms with E-state index in [0.717, 1.165) is 25.9 Å². The summed E-state index contributed by atoms with van der Waals surface area (Å²) in [5, 5.41) is 2.91. The van der Waals surface area contributed by atoms with Crippen molar-refractivity contribution in [3.8, 4) is 0 Å². The summed E-state index contributed by atoms with van der Waals surface area (Å²) in [6.07, 6.45) is 6.77. The highest BCUT2D eigenvalue weighted by Gasteiger charge is 2.33. The molecule has 5 heteroatoms. The number of rotatable bonds is 6. The average Bonchev–Trinajstić information content (AvgIpc) is 2.34. The number of halogens is 1. The fourth-order valence-corrected chi connectivity index (χ4v) is 2.30. The van der Waals surface area contributed by atoms with Gasteiger partial charge in [0.2, 0.25) is 5.91 Å². The molecule has 1 fully saturated rings. The number of hydrogen-bond donors (Lipinski definition) is 2. The van der Waals surface area contributed by atoms with E-state index in [2.05, 4.69) is 12.2 Å². The van der Waals surface area contributed by atoms with Crippen molar-refractivity contribution in [3.63, 3.8) is 0 Å². The topological polar surface area (TPSA) is 64.3 Å². The molecule has 0 unspecified atom stereocenters. The van der Waals surface area contributed by atoms with Crippen molar-refractivity contribution in [2.75, 3.05) is 13.2 Å². The van der Waals surface area contributed by atoms with Crippen LogP contribution >= 0.6 is 12.4 Å². The van der Waals surface area contributed by atoms with Crippen LogP contribution in [0.3, 0.4) is 0 Å². The number of nitrogens with two attached hydrogens (primary N) is 1. The highest BCUT2D eigenvalue weighted by molar-refractivity contribution is 5.85. The van der Waals surface area contributed by atoms with Crippen LogP contribution < -0.4 is 11.1 Å². The lowest BCUT2D eigenvalue weighted by atomic mass is 9.84. The first kappa shape index (κ1) is 17.7. The van der Waals surface area contributed by atoms with Crippen molar-refractivity contribution in [2.24, 2.45) is 5.73 Å². The summed E-state index contributed by atoms with van der Waals surface area (Å²) in [6, 6.07) is -0.443. The van der Waals surface area contributed by atoms with E-state index in [9.17, 15) is 4.79 Å². The molecule has 1 amide bonds. The SMILES string of the molecule is CCCOC1(CNC(=O)[C@@H](C)N)CCCCC1.Cl. The monoisotopic (exact) mass is 278 g/mol. The molecule has 1 rings (SSSR count). The van der Waals surface area contributed by atoms with Gasteiger partial charge >= 0.3 is 0 Å². The van der Waals surface area contributed by atoms with E-state index < -0.39 is 6.04 Å². The summed E-state index contributed by atoms with van der Waals surface area (Å²) in [4.78, 5) is 11.5. The third-order valence-electron chi connectivity index (χ3n) is 3.38. The minimum absolute atomic E-state index is 0. The van der Waals surface area contributed by atoms with Gasteiger partial charge in [-0.2, -0.15) is 0 Å². The van der Waals surface area contributed by atoms with Crippen LogP contribution in [0.2, 0.25) is 0 Å². The Hall–Kier alpha value is -0.320. The van der Waals surface area contributed by atoms with Crippen LogP contribution in [0.25, 0.3) is 0 Å². The van der Waals surface area contributed by atoms with Crippen LogP contribution in [0.5, 0.6) is 0 Å². The van der Waals surface area contributed by atoms with E-state index in [1.807, 2.05) is 0 Å². The molecule has 0 bridgehead atoms. The van der Waals surface area contributed by atoms with Crippen LogP contribution in [0, 0.1) is 0 Å². The lowest BCUT2D eigenvalue weighted by Gasteiger charge is -2.37. The van der Waals surface area contributed by atoms with E-state index in [0.29, 0.717) is 6.54 Å². The van der Waals surface area contributed by atoms with Gasteiger partial charge in [-0.15, -0.1) is 12.4 Å². The largest absolute Gasteiger partial charge is 0.373 e. The lowest BCUT2D eigenvalue weighted by Crippen LogP contribution is -2.49. The van der Waals surface area contributed by atoms with Crippen molar-refractivity contribution in [3.05, 3.63) is 0 Å². The van der Waals surface area contributed by atoms with Gasteiger partial charge < -0.3 is 15.8 Å². The molecule has 1 atom stereocenters. The molecule has 18 heavy (non-hydrogen) atoms. The maximum Gasteiger partial charge on any atom is 0.236 e. The zero-order chi connectivity index (χ0) is 12.7. The highest BCUT2D eigenvalue weighted by atomic mass is 35.5. The second-order valence-corrected chi connectivity index (χ2v) is 5.10. The maximum atomic E-state index is 11.5.